The maximum absolute atomic E-state index is 11.5. The molecular formula is C15H11ClN2O2. The number of rotatable bonds is 4. The van der Waals surface area contributed by atoms with Crippen molar-refractivity contribution >= 4 is 23.2 Å². The number of nitriles is 1. The fraction of sp³-hybridized carbons (Fsp3) is 0.0667. The molecule has 0 radical (unpaired) electrons. The first-order valence-corrected chi connectivity index (χ1v) is 6.26. The van der Waals surface area contributed by atoms with Crippen LogP contribution in [0.15, 0.2) is 48.5 Å². The highest BCUT2D eigenvalue weighted by molar-refractivity contribution is 6.31. The minimum Gasteiger partial charge on any atom is -0.455 e. The van der Waals surface area contributed by atoms with Crippen molar-refractivity contribution in [1.29, 1.82) is 5.26 Å². The highest BCUT2D eigenvalue weighted by atomic mass is 35.5. The first-order valence-electron chi connectivity index (χ1n) is 5.88. The Morgan fingerprint density at radius 2 is 2.00 bits per heavy atom. The summed E-state index contributed by atoms with van der Waals surface area (Å²) in [5.74, 6) is 0.699. The molecule has 0 aliphatic heterocycles. The molecule has 0 spiro atoms. The molecule has 20 heavy (non-hydrogen) atoms. The lowest BCUT2D eigenvalue weighted by Gasteiger charge is -2.12. The van der Waals surface area contributed by atoms with E-state index in [0.29, 0.717) is 22.2 Å². The summed E-state index contributed by atoms with van der Waals surface area (Å²) in [4.78, 5) is 11.5. The van der Waals surface area contributed by atoms with Gasteiger partial charge in [0.2, 0.25) is 5.91 Å². The van der Waals surface area contributed by atoms with E-state index in [-0.39, 0.29) is 6.42 Å². The summed E-state index contributed by atoms with van der Waals surface area (Å²) in [7, 11) is 0. The molecule has 0 saturated heterocycles. The number of amides is 1. The van der Waals surface area contributed by atoms with Gasteiger partial charge in [-0.05, 0) is 30.3 Å². The number of nitrogens with zero attached hydrogens (tertiary/aromatic N) is 1. The zero-order valence-corrected chi connectivity index (χ0v) is 11.2. The molecule has 0 unspecified atom stereocenters. The Morgan fingerprint density at radius 1 is 1.25 bits per heavy atom. The molecular weight excluding hydrogens is 276 g/mol. The van der Waals surface area contributed by atoms with Crippen molar-refractivity contribution in [2.24, 2.45) is 0 Å². The summed E-state index contributed by atoms with van der Waals surface area (Å²) in [6.07, 6.45) is -0.225. The standard InChI is InChI=1S/C15H11ClN2O2/c16-11-6-7-14(20-12-4-2-1-3-5-12)13(10-11)18-15(19)8-9-17/h1-7,10H,8H2,(H,18,19). The van der Waals surface area contributed by atoms with E-state index < -0.39 is 5.91 Å². The fourth-order valence-corrected chi connectivity index (χ4v) is 1.74. The second kappa shape index (κ2) is 6.60. The summed E-state index contributed by atoms with van der Waals surface area (Å²) >= 11 is 5.91. The molecule has 0 saturated carbocycles. The number of carbonyl (C=O) groups excluding carboxylic acids is 1. The average Bonchev–Trinajstić information content (AvgIpc) is 2.43. The number of benzene rings is 2. The molecule has 4 nitrogen and oxygen atoms in total. The molecule has 1 amide bonds. The van der Waals surface area contributed by atoms with Gasteiger partial charge >= 0.3 is 0 Å². The Balaban J connectivity index is 2.24. The van der Waals surface area contributed by atoms with Crippen molar-refractivity contribution in [3.05, 3.63) is 53.6 Å². The van der Waals surface area contributed by atoms with Gasteiger partial charge in [-0.25, -0.2) is 0 Å². The zero-order chi connectivity index (χ0) is 14.4. The van der Waals surface area contributed by atoms with Gasteiger partial charge in [-0.3, -0.25) is 4.79 Å². The average molecular weight is 287 g/mol. The van der Waals surface area contributed by atoms with Gasteiger partial charge in [-0.15, -0.1) is 0 Å². The highest BCUT2D eigenvalue weighted by Crippen LogP contribution is 2.32. The number of halogens is 1. The predicted octanol–water partition coefficient (Wildman–Crippen LogP) is 3.98. The number of ether oxygens (including phenoxy) is 1. The number of carbonyl (C=O) groups is 1. The number of anilines is 1. The Kier molecular flexibility index (Phi) is 4.59. The Morgan fingerprint density at radius 3 is 2.70 bits per heavy atom. The van der Waals surface area contributed by atoms with E-state index in [1.807, 2.05) is 18.2 Å². The third-order valence-electron chi connectivity index (χ3n) is 2.43. The van der Waals surface area contributed by atoms with Crippen LogP contribution in [0.1, 0.15) is 6.42 Å². The van der Waals surface area contributed by atoms with Crippen LogP contribution >= 0.6 is 11.6 Å². The second-order valence-electron chi connectivity index (χ2n) is 3.94. The largest absolute Gasteiger partial charge is 0.455 e. The third-order valence-corrected chi connectivity index (χ3v) is 2.66. The smallest absolute Gasteiger partial charge is 0.238 e. The summed E-state index contributed by atoms with van der Waals surface area (Å²) in [5, 5.41) is 11.6. The molecule has 2 aromatic carbocycles. The van der Waals surface area contributed by atoms with E-state index in [9.17, 15) is 4.79 Å². The van der Waals surface area contributed by atoms with Crippen LogP contribution in [0, 0.1) is 11.3 Å². The van der Waals surface area contributed by atoms with Crippen LogP contribution < -0.4 is 10.1 Å². The quantitative estimate of drug-likeness (QED) is 0.924. The molecule has 0 heterocycles. The van der Waals surface area contributed by atoms with Gasteiger partial charge in [-0.1, -0.05) is 29.8 Å². The van der Waals surface area contributed by atoms with Gasteiger partial charge in [0.05, 0.1) is 11.8 Å². The van der Waals surface area contributed by atoms with Crippen LogP contribution in [-0.4, -0.2) is 5.91 Å². The number of hydrogen-bond acceptors (Lipinski definition) is 3. The van der Waals surface area contributed by atoms with E-state index in [4.69, 9.17) is 21.6 Å². The molecule has 2 rings (SSSR count). The maximum atomic E-state index is 11.5. The topological polar surface area (TPSA) is 62.1 Å². The van der Waals surface area contributed by atoms with Crippen LogP contribution in [0.5, 0.6) is 11.5 Å². The van der Waals surface area contributed by atoms with Crippen molar-refractivity contribution in [3.8, 4) is 17.6 Å². The molecule has 0 fully saturated rings. The van der Waals surface area contributed by atoms with E-state index in [0.717, 1.165) is 0 Å². The normalized spacial score (nSPS) is 9.60. The van der Waals surface area contributed by atoms with E-state index in [1.165, 1.54) is 0 Å². The monoisotopic (exact) mass is 286 g/mol. The Labute approximate surface area is 121 Å². The number of nitrogens with one attached hydrogen (secondary N) is 1. The summed E-state index contributed by atoms with van der Waals surface area (Å²) in [6.45, 7) is 0. The lowest BCUT2D eigenvalue weighted by Crippen LogP contribution is -2.10. The van der Waals surface area contributed by atoms with E-state index in [1.54, 1.807) is 36.4 Å². The summed E-state index contributed by atoms with van der Waals surface area (Å²) < 4.78 is 5.69. The number of hydrogen-bond donors (Lipinski definition) is 1. The second-order valence-corrected chi connectivity index (χ2v) is 4.38. The van der Waals surface area contributed by atoms with E-state index >= 15 is 0 Å². The van der Waals surface area contributed by atoms with Gasteiger partial charge in [0, 0.05) is 5.02 Å². The van der Waals surface area contributed by atoms with Crippen LogP contribution in [0.2, 0.25) is 5.02 Å². The molecule has 0 atom stereocenters. The van der Waals surface area contributed by atoms with Gasteiger partial charge in [-0.2, -0.15) is 5.26 Å². The molecule has 0 aliphatic carbocycles. The lowest BCUT2D eigenvalue weighted by atomic mass is 10.2. The molecule has 5 heteroatoms. The Bertz CT molecular complexity index is 651. The SMILES string of the molecule is N#CCC(=O)Nc1cc(Cl)ccc1Oc1ccccc1. The van der Waals surface area contributed by atoms with Gasteiger partial charge < -0.3 is 10.1 Å². The van der Waals surface area contributed by atoms with Crippen LogP contribution in [0.4, 0.5) is 5.69 Å². The van der Waals surface area contributed by atoms with Crippen molar-refractivity contribution in [2.45, 2.75) is 6.42 Å². The van der Waals surface area contributed by atoms with Crippen molar-refractivity contribution in [2.75, 3.05) is 5.32 Å². The zero-order valence-electron chi connectivity index (χ0n) is 10.5. The molecule has 100 valence electrons. The molecule has 0 aromatic heterocycles. The maximum Gasteiger partial charge on any atom is 0.238 e. The highest BCUT2D eigenvalue weighted by Gasteiger charge is 2.09. The lowest BCUT2D eigenvalue weighted by molar-refractivity contribution is -0.115. The first kappa shape index (κ1) is 13.9. The fourth-order valence-electron chi connectivity index (χ4n) is 1.57. The van der Waals surface area contributed by atoms with Gasteiger partial charge in [0.15, 0.2) is 5.75 Å². The van der Waals surface area contributed by atoms with Crippen molar-refractivity contribution in [3.63, 3.8) is 0 Å². The first-order chi connectivity index (χ1) is 9.69. The van der Waals surface area contributed by atoms with Crippen LogP contribution in [0.3, 0.4) is 0 Å². The van der Waals surface area contributed by atoms with Crippen LogP contribution in [0.25, 0.3) is 0 Å². The number of para-hydroxylation sites is 1. The van der Waals surface area contributed by atoms with Gasteiger partial charge in [0.1, 0.15) is 12.2 Å². The van der Waals surface area contributed by atoms with Crippen LogP contribution in [-0.2, 0) is 4.79 Å². The minimum absolute atomic E-state index is 0.225. The molecule has 0 aliphatic rings. The summed E-state index contributed by atoms with van der Waals surface area (Å²) in [5.41, 5.74) is 0.432. The van der Waals surface area contributed by atoms with E-state index in [2.05, 4.69) is 5.32 Å². The third kappa shape index (κ3) is 3.74. The molecule has 2 aromatic rings. The summed E-state index contributed by atoms with van der Waals surface area (Å²) in [6, 6.07) is 15.9. The predicted molar refractivity (Wildman–Crippen MR) is 76.8 cm³/mol. The van der Waals surface area contributed by atoms with Crippen molar-refractivity contribution in [1.82, 2.24) is 0 Å². The molecule has 1 N–H and O–H groups in total. The Hall–Kier alpha value is -2.51. The van der Waals surface area contributed by atoms with Crippen molar-refractivity contribution < 1.29 is 9.53 Å². The van der Waals surface area contributed by atoms with Gasteiger partial charge in [0.25, 0.3) is 0 Å². The molecule has 0 bridgehead atoms. The minimum atomic E-state index is -0.410.